The fourth-order valence-corrected chi connectivity index (χ4v) is 1.59. The van der Waals surface area contributed by atoms with Gasteiger partial charge < -0.3 is 10.1 Å². The molecule has 98 valence electrons. The van der Waals surface area contributed by atoms with E-state index in [9.17, 15) is 9.59 Å². The Labute approximate surface area is 107 Å². The van der Waals surface area contributed by atoms with Gasteiger partial charge in [0.05, 0.1) is 6.42 Å². The first-order valence-corrected chi connectivity index (χ1v) is 5.93. The fraction of sp³-hybridized carbons (Fsp3) is 0.429. The molecule has 0 spiro atoms. The number of rotatable bonds is 4. The Kier molecular flexibility index (Phi) is 4.89. The number of ether oxygens (including phenoxy) is 1. The first-order chi connectivity index (χ1) is 8.41. The first kappa shape index (κ1) is 14.2. The average molecular weight is 249 g/mol. The Morgan fingerprint density at radius 2 is 1.78 bits per heavy atom. The van der Waals surface area contributed by atoms with E-state index in [4.69, 9.17) is 4.74 Å². The summed E-state index contributed by atoms with van der Waals surface area (Å²) in [5.41, 5.74) is 3.00. The lowest BCUT2D eigenvalue weighted by Gasteiger charge is -2.12. The zero-order valence-electron chi connectivity index (χ0n) is 11.3. The van der Waals surface area contributed by atoms with Crippen molar-refractivity contribution in [1.29, 1.82) is 0 Å². The third-order valence-corrected chi connectivity index (χ3v) is 2.79. The molecule has 0 aromatic heterocycles. The Bertz CT molecular complexity index is 466. The number of aryl methyl sites for hydroxylation is 2. The summed E-state index contributed by atoms with van der Waals surface area (Å²) in [4.78, 5) is 22.3. The molecule has 0 aliphatic carbocycles. The summed E-state index contributed by atoms with van der Waals surface area (Å²) in [6.45, 7) is 7.53. The quantitative estimate of drug-likeness (QED) is 0.656. The molecular weight excluding hydrogens is 230 g/mol. The summed E-state index contributed by atoms with van der Waals surface area (Å²) in [5, 5.41) is 2.56. The zero-order chi connectivity index (χ0) is 13.7. The van der Waals surface area contributed by atoms with E-state index in [-0.39, 0.29) is 18.3 Å². The monoisotopic (exact) mass is 249 g/mol. The van der Waals surface area contributed by atoms with Crippen molar-refractivity contribution >= 4 is 11.9 Å². The third-order valence-electron chi connectivity index (χ3n) is 2.79. The minimum Gasteiger partial charge on any atom is -0.426 e. The van der Waals surface area contributed by atoms with E-state index in [2.05, 4.69) is 5.32 Å². The molecule has 0 aliphatic heterocycles. The number of hydrogen-bond acceptors (Lipinski definition) is 3. The summed E-state index contributed by atoms with van der Waals surface area (Å²) >= 11 is 0. The molecule has 18 heavy (non-hydrogen) atoms. The van der Waals surface area contributed by atoms with Gasteiger partial charge in [-0.15, -0.1) is 0 Å². The van der Waals surface area contributed by atoms with Gasteiger partial charge in [0.2, 0.25) is 5.91 Å². The number of hydrogen-bond donors (Lipinski definition) is 1. The largest absolute Gasteiger partial charge is 0.426 e. The van der Waals surface area contributed by atoms with Crippen LogP contribution in [-0.4, -0.2) is 18.4 Å². The molecule has 4 heteroatoms. The number of carbonyl (C=O) groups is 2. The second-order valence-corrected chi connectivity index (χ2v) is 4.36. The van der Waals surface area contributed by atoms with E-state index >= 15 is 0 Å². The fourth-order valence-electron chi connectivity index (χ4n) is 1.59. The topological polar surface area (TPSA) is 55.4 Å². The van der Waals surface area contributed by atoms with Crippen LogP contribution >= 0.6 is 0 Å². The van der Waals surface area contributed by atoms with Gasteiger partial charge in [0.25, 0.3) is 0 Å². The number of benzene rings is 1. The lowest BCUT2D eigenvalue weighted by molar-refractivity contribution is -0.134. The van der Waals surface area contributed by atoms with E-state index in [1.54, 1.807) is 0 Å². The minimum atomic E-state index is -0.333. The Morgan fingerprint density at radius 1 is 1.17 bits per heavy atom. The van der Waals surface area contributed by atoms with Crippen LogP contribution < -0.4 is 10.1 Å². The predicted molar refractivity (Wildman–Crippen MR) is 69.6 cm³/mol. The molecule has 0 atom stereocenters. The average Bonchev–Trinajstić information content (AvgIpc) is 2.29. The highest BCUT2D eigenvalue weighted by molar-refractivity contribution is 5.76. The van der Waals surface area contributed by atoms with Gasteiger partial charge in [-0.3, -0.25) is 9.59 Å². The molecule has 1 N–H and O–H groups in total. The summed E-state index contributed by atoms with van der Waals surface area (Å²) in [5.74, 6) is 0.147. The molecule has 0 unspecified atom stereocenters. The molecule has 1 rings (SSSR count). The van der Waals surface area contributed by atoms with Crippen molar-refractivity contribution in [1.82, 2.24) is 5.32 Å². The molecule has 0 heterocycles. The predicted octanol–water partition coefficient (Wildman–Crippen LogP) is 2.04. The van der Waals surface area contributed by atoms with Crippen LogP contribution in [0.1, 0.15) is 30.0 Å². The zero-order valence-corrected chi connectivity index (χ0v) is 11.3. The molecule has 0 aliphatic rings. The Hall–Kier alpha value is -1.84. The van der Waals surface area contributed by atoms with Crippen molar-refractivity contribution in [3.63, 3.8) is 0 Å². The van der Waals surface area contributed by atoms with E-state index in [1.165, 1.54) is 6.92 Å². The molecular formula is C14H19NO3. The van der Waals surface area contributed by atoms with Crippen molar-refractivity contribution in [3.8, 4) is 5.75 Å². The second kappa shape index (κ2) is 6.19. The molecule has 0 bridgehead atoms. The highest BCUT2D eigenvalue weighted by atomic mass is 16.5. The van der Waals surface area contributed by atoms with Crippen LogP contribution in [0.4, 0.5) is 0 Å². The van der Waals surface area contributed by atoms with Crippen LogP contribution in [-0.2, 0) is 9.59 Å². The van der Waals surface area contributed by atoms with Crippen LogP contribution in [0.3, 0.4) is 0 Å². The smallest absolute Gasteiger partial charge is 0.312 e. The van der Waals surface area contributed by atoms with Gasteiger partial charge in [0.15, 0.2) is 0 Å². The number of esters is 1. The minimum absolute atomic E-state index is 0.147. The van der Waals surface area contributed by atoms with Gasteiger partial charge in [0.1, 0.15) is 5.75 Å². The molecule has 0 saturated carbocycles. The van der Waals surface area contributed by atoms with Crippen LogP contribution in [0.25, 0.3) is 0 Å². The van der Waals surface area contributed by atoms with Crippen molar-refractivity contribution in [2.45, 2.75) is 34.1 Å². The van der Waals surface area contributed by atoms with E-state index in [1.807, 2.05) is 32.9 Å². The SMILES string of the molecule is CC(=O)NCCC(=O)Oc1c(C)ccc(C)c1C. The molecule has 0 saturated heterocycles. The van der Waals surface area contributed by atoms with E-state index in [0.29, 0.717) is 12.3 Å². The van der Waals surface area contributed by atoms with E-state index < -0.39 is 0 Å². The molecule has 0 fully saturated rings. The van der Waals surface area contributed by atoms with Gasteiger partial charge in [-0.1, -0.05) is 12.1 Å². The van der Waals surface area contributed by atoms with Gasteiger partial charge in [0, 0.05) is 13.5 Å². The van der Waals surface area contributed by atoms with E-state index in [0.717, 1.165) is 16.7 Å². The summed E-state index contributed by atoms with van der Waals surface area (Å²) in [6, 6.07) is 3.93. The van der Waals surface area contributed by atoms with Gasteiger partial charge in [-0.05, 0) is 37.5 Å². The van der Waals surface area contributed by atoms with Crippen LogP contribution in [0.5, 0.6) is 5.75 Å². The molecule has 1 aromatic rings. The molecule has 4 nitrogen and oxygen atoms in total. The Balaban J connectivity index is 2.65. The van der Waals surface area contributed by atoms with Crippen molar-refractivity contribution in [2.24, 2.45) is 0 Å². The van der Waals surface area contributed by atoms with Crippen molar-refractivity contribution in [2.75, 3.05) is 6.54 Å². The van der Waals surface area contributed by atoms with Gasteiger partial charge in [-0.25, -0.2) is 0 Å². The molecule has 0 radical (unpaired) electrons. The maximum Gasteiger partial charge on any atom is 0.312 e. The maximum atomic E-state index is 11.6. The number of carbonyl (C=O) groups excluding carboxylic acids is 2. The summed E-state index contributed by atoms with van der Waals surface area (Å²) < 4.78 is 5.35. The van der Waals surface area contributed by atoms with Crippen LogP contribution in [0.15, 0.2) is 12.1 Å². The number of nitrogens with one attached hydrogen (secondary N) is 1. The highest BCUT2D eigenvalue weighted by Gasteiger charge is 2.11. The normalized spacial score (nSPS) is 10.0. The van der Waals surface area contributed by atoms with Crippen molar-refractivity contribution in [3.05, 3.63) is 28.8 Å². The standard InChI is InChI=1S/C14H19NO3/c1-9-5-6-10(2)14(11(9)3)18-13(17)7-8-15-12(4)16/h5-6H,7-8H2,1-4H3,(H,15,16). The Morgan fingerprint density at radius 3 is 2.39 bits per heavy atom. The molecule has 1 amide bonds. The summed E-state index contributed by atoms with van der Waals surface area (Å²) in [7, 11) is 0. The number of amides is 1. The van der Waals surface area contributed by atoms with Crippen LogP contribution in [0, 0.1) is 20.8 Å². The maximum absolute atomic E-state index is 11.6. The summed E-state index contributed by atoms with van der Waals surface area (Å²) in [6.07, 6.45) is 0.173. The van der Waals surface area contributed by atoms with Gasteiger partial charge in [-0.2, -0.15) is 0 Å². The molecule has 1 aromatic carbocycles. The lowest BCUT2D eigenvalue weighted by atomic mass is 10.1. The van der Waals surface area contributed by atoms with Crippen LogP contribution in [0.2, 0.25) is 0 Å². The van der Waals surface area contributed by atoms with Crippen molar-refractivity contribution < 1.29 is 14.3 Å². The second-order valence-electron chi connectivity index (χ2n) is 4.36. The third kappa shape index (κ3) is 3.87. The first-order valence-electron chi connectivity index (χ1n) is 5.93. The lowest BCUT2D eigenvalue weighted by Crippen LogP contribution is -2.24. The highest BCUT2D eigenvalue weighted by Crippen LogP contribution is 2.25. The van der Waals surface area contributed by atoms with Gasteiger partial charge >= 0.3 is 5.97 Å².